The first-order valence-corrected chi connectivity index (χ1v) is 12.0. The molecular formula is C23H22ClN5O4S. The van der Waals surface area contributed by atoms with Crippen LogP contribution in [0.2, 0.25) is 4.34 Å². The van der Waals surface area contributed by atoms with E-state index in [1.165, 1.54) is 11.3 Å². The van der Waals surface area contributed by atoms with Gasteiger partial charge in [-0.05, 0) is 31.0 Å². The third-order valence-electron chi connectivity index (χ3n) is 5.79. The number of nitrogens with zero attached hydrogens (tertiary/aromatic N) is 3. The molecule has 1 saturated heterocycles. The molecule has 0 bridgehead atoms. The lowest BCUT2D eigenvalue weighted by Crippen LogP contribution is -2.48. The molecule has 4 heterocycles. The van der Waals surface area contributed by atoms with Crippen LogP contribution >= 0.6 is 22.9 Å². The maximum atomic E-state index is 12.7. The zero-order valence-electron chi connectivity index (χ0n) is 18.1. The van der Waals surface area contributed by atoms with Crippen molar-refractivity contribution in [1.82, 2.24) is 19.9 Å². The van der Waals surface area contributed by atoms with Gasteiger partial charge < -0.3 is 29.8 Å². The van der Waals surface area contributed by atoms with Crippen LogP contribution in [-0.2, 0) is 6.54 Å². The van der Waals surface area contributed by atoms with Gasteiger partial charge in [0.25, 0.3) is 0 Å². The lowest BCUT2D eigenvalue weighted by molar-refractivity contribution is 0.171. The van der Waals surface area contributed by atoms with Gasteiger partial charge in [0.2, 0.25) is 5.88 Å². The Morgan fingerprint density at radius 2 is 2.00 bits per heavy atom. The second-order valence-corrected chi connectivity index (χ2v) is 9.76. The van der Waals surface area contributed by atoms with E-state index in [4.69, 9.17) is 26.6 Å². The summed E-state index contributed by atoms with van der Waals surface area (Å²) >= 11 is 7.45. The third kappa shape index (κ3) is 4.73. The van der Waals surface area contributed by atoms with E-state index in [0.717, 1.165) is 15.8 Å². The minimum Gasteiger partial charge on any atom is -0.393 e. The topological polar surface area (TPSA) is 116 Å². The van der Waals surface area contributed by atoms with E-state index >= 15 is 0 Å². The summed E-state index contributed by atoms with van der Waals surface area (Å²) in [4.78, 5) is 26.4. The Bertz CT molecular complexity index is 1340. The zero-order chi connectivity index (χ0) is 23.7. The second-order valence-electron chi connectivity index (χ2n) is 8.05. The van der Waals surface area contributed by atoms with E-state index < -0.39 is 12.1 Å². The number of rotatable bonds is 5. The molecule has 0 radical (unpaired) electrons. The Morgan fingerprint density at radius 1 is 1.21 bits per heavy atom. The molecule has 0 saturated carbocycles. The van der Waals surface area contributed by atoms with Gasteiger partial charge >= 0.3 is 12.1 Å². The summed E-state index contributed by atoms with van der Waals surface area (Å²) in [7, 11) is 0. The first-order chi connectivity index (χ1) is 16.5. The van der Waals surface area contributed by atoms with Crippen molar-refractivity contribution in [3.63, 3.8) is 0 Å². The Hall–Kier alpha value is -3.50. The van der Waals surface area contributed by atoms with E-state index in [1.807, 2.05) is 53.1 Å². The van der Waals surface area contributed by atoms with E-state index in [1.54, 1.807) is 4.90 Å². The van der Waals surface area contributed by atoms with Gasteiger partial charge in [0.15, 0.2) is 5.76 Å². The molecule has 0 atom stereocenters. The van der Waals surface area contributed by atoms with Gasteiger partial charge in [-0.2, -0.15) is 0 Å². The molecule has 1 aromatic carbocycles. The minimum atomic E-state index is -0.546. The van der Waals surface area contributed by atoms with E-state index in [0.29, 0.717) is 54.1 Å². The molecule has 3 N–H and O–H groups in total. The van der Waals surface area contributed by atoms with Gasteiger partial charge in [-0.1, -0.05) is 35.0 Å². The quantitative estimate of drug-likeness (QED) is 0.413. The Kier molecular flexibility index (Phi) is 6.16. The summed E-state index contributed by atoms with van der Waals surface area (Å²) in [6, 6.07) is 14.6. The first kappa shape index (κ1) is 22.3. The monoisotopic (exact) mass is 499 g/mol. The molecule has 1 fully saturated rings. The summed E-state index contributed by atoms with van der Waals surface area (Å²) in [6.45, 7) is 1.37. The van der Waals surface area contributed by atoms with Crippen LogP contribution in [0.1, 0.15) is 18.5 Å². The molecule has 11 heteroatoms. The first-order valence-electron chi connectivity index (χ1n) is 10.8. The number of halogens is 1. The molecule has 1 aliphatic rings. The van der Waals surface area contributed by atoms with Crippen molar-refractivity contribution >= 4 is 46.0 Å². The molecule has 1 aliphatic heterocycles. The zero-order valence-corrected chi connectivity index (χ0v) is 19.6. The van der Waals surface area contributed by atoms with E-state index in [2.05, 4.69) is 10.5 Å². The summed E-state index contributed by atoms with van der Waals surface area (Å²) in [5.74, 6) is 1.03. The highest BCUT2D eigenvalue weighted by molar-refractivity contribution is 7.19. The molecule has 5 rings (SSSR count). The Labute approximate surface area is 204 Å². The maximum absolute atomic E-state index is 12.7. The molecule has 176 valence electrons. The fourth-order valence-electron chi connectivity index (χ4n) is 4.08. The van der Waals surface area contributed by atoms with Crippen molar-refractivity contribution < 1.29 is 18.8 Å². The van der Waals surface area contributed by atoms with E-state index in [9.17, 15) is 9.59 Å². The second kappa shape index (κ2) is 9.40. The molecule has 0 unspecified atom stereocenters. The Balaban J connectivity index is 1.32. The fourth-order valence-corrected chi connectivity index (χ4v) is 5.07. The van der Waals surface area contributed by atoms with E-state index in [-0.39, 0.29) is 6.04 Å². The van der Waals surface area contributed by atoms with Gasteiger partial charge in [-0.3, -0.25) is 0 Å². The average molecular weight is 500 g/mol. The maximum Gasteiger partial charge on any atom is 0.414 e. The van der Waals surface area contributed by atoms with Gasteiger partial charge in [-0.15, -0.1) is 11.3 Å². The van der Waals surface area contributed by atoms with Crippen LogP contribution in [0.25, 0.3) is 21.5 Å². The number of primary amides is 1. The largest absolute Gasteiger partial charge is 0.414 e. The number of ether oxygens (including phenoxy) is 1. The number of carbonyl (C=O) groups is 2. The number of piperidine rings is 1. The van der Waals surface area contributed by atoms with Crippen LogP contribution < -0.4 is 15.8 Å². The van der Waals surface area contributed by atoms with Gasteiger partial charge in [0, 0.05) is 36.7 Å². The molecule has 4 aromatic rings. The number of hydrogen-bond donors (Lipinski definition) is 2. The molecule has 34 heavy (non-hydrogen) atoms. The van der Waals surface area contributed by atoms with Crippen LogP contribution in [0, 0.1) is 0 Å². The highest BCUT2D eigenvalue weighted by Gasteiger charge is 2.24. The van der Waals surface area contributed by atoms with Crippen molar-refractivity contribution in [3.05, 3.63) is 58.6 Å². The van der Waals surface area contributed by atoms with Gasteiger partial charge in [-0.25, -0.2) is 9.59 Å². The van der Waals surface area contributed by atoms with Crippen molar-refractivity contribution in [1.29, 1.82) is 0 Å². The number of likely N-dealkylation sites (tertiary alicyclic amines) is 1. The molecule has 3 aromatic heterocycles. The van der Waals surface area contributed by atoms with Crippen LogP contribution in [0.5, 0.6) is 5.88 Å². The lowest BCUT2D eigenvalue weighted by Gasteiger charge is -2.30. The normalized spacial score (nSPS) is 14.4. The summed E-state index contributed by atoms with van der Waals surface area (Å²) < 4.78 is 13.8. The Morgan fingerprint density at radius 3 is 2.74 bits per heavy atom. The van der Waals surface area contributed by atoms with Crippen molar-refractivity contribution in [3.8, 4) is 16.5 Å². The number of urea groups is 1. The molecule has 3 amide bonds. The molecular weight excluding hydrogens is 478 g/mol. The van der Waals surface area contributed by atoms with Crippen LogP contribution in [0.4, 0.5) is 9.59 Å². The highest BCUT2D eigenvalue weighted by atomic mass is 35.5. The minimum absolute atomic E-state index is 0.0864. The summed E-state index contributed by atoms with van der Waals surface area (Å²) in [5, 5.41) is 8.02. The van der Waals surface area contributed by atoms with Gasteiger partial charge in [0.05, 0.1) is 21.3 Å². The number of aromatic nitrogens is 2. The molecule has 0 spiro atoms. The lowest BCUT2D eigenvalue weighted by atomic mass is 10.1. The van der Waals surface area contributed by atoms with Gasteiger partial charge in [0.1, 0.15) is 5.69 Å². The summed E-state index contributed by atoms with van der Waals surface area (Å²) in [5.41, 5.74) is 6.91. The molecule has 0 aliphatic carbocycles. The smallest absolute Gasteiger partial charge is 0.393 e. The summed E-state index contributed by atoms with van der Waals surface area (Å²) in [6.07, 6.45) is 0.695. The average Bonchev–Trinajstić information content (AvgIpc) is 3.54. The highest BCUT2D eigenvalue weighted by Crippen LogP contribution is 2.32. The van der Waals surface area contributed by atoms with Crippen molar-refractivity contribution in [2.45, 2.75) is 25.4 Å². The standard InChI is InChI=1S/C23H22ClN5O4S/c24-20-6-5-19(34-20)18-12-16(27-33-18)13-29-17-4-2-1-3-14(17)11-21(29)32-23(31)26-15-7-9-28(10-8-15)22(25)30/h1-6,11-12,15H,7-10,13H2,(H2,25,30)(H,26,31). The number of para-hydroxylation sites is 1. The number of carbonyl (C=O) groups excluding carboxylic acids is 2. The number of nitrogens with two attached hydrogens (primary N) is 1. The van der Waals surface area contributed by atoms with Crippen LogP contribution in [0.3, 0.4) is 0 Å². The number of fused-ring (bicyclic) bond motifs is 1. The molecule has 9 nitrogen and oxygen atoms in total. The number of hydrogen-bond acceptors (Lipinski definition) is 6. The third-order valence-corrected chi connectivity index (χ3v) is 7.04. The predicted molar refractivity (Wildman–Crippen MR) is 129 cm³/mol. The fraction of sp³-hybridized carbons (Fsp3) is 0.261. The SMILES string of the molecule is NC(=O)N1CCC(NC(=O)Oc2cc3ccccc3n2Cc2cc(-c3ccc(Cl)s3)on2)CC1. The van der Waals surface area contributed by atoms with Crippen molar-refractivity contribution in [2.75, 3.05) is 13.1 Å². The van der Waals surface area contributed by atoms with Crippen LogP contribution in [-0.4, -0.2) is 45.9 Å². The van der Waals surface area contributed by atoms with Crippen LogP contribution in [0.15, 0.2) is 53.1 Å². The number of nitrogens with one attached hydrogen (secondary N) is 1. The predicted octanol–water partition coefficient (Wildman–Crippen LogP) is 4.69. The number of thiophene rings is 1. The number of amides is 3. The number of benzene rings is 1. The van der Waals surface area contributed by atoms with Crippen molar-refractivity contribution in [2.24, 2.45) is 5.73 Å².